The average Bonchev–Trinajstić information content (AvgIpc) is 2.47. The lowest BCUT2D eigenvalue weighted by molar-refractivity contribution is 0.104. The van der Waals surface area contributed by atoms with Gasteiger partial charge in [-0.3, -0.25) is 4.90 Å². The number of hydrogen-bond acceptors (Lipinski definition) is 2. The Balaban J connectivity index is 1.96. The van der Waals surface area contributed by atoms with Gasteiger partial charge in [-0.2, -0.15) is 0 Å². The van der Waals surface area contributed by atoms with Crippen molar-refractivity contribution in [3.05, 3.63) is 35.9 Å². The zero-order valence-electron chi connectivity index (χ0n) is 13.3. The molecule has 0 radical (unpaired) electrons. The van der Waals surface area contributed by atoms with E-state index in [4.69, 9.17) is 0 Å². The van der Waals surface area contributed by atoms with Gasteiger partial charge in [0.15, 0.2) is 0 Å². The Bertz CT molecular complexity index is 366. The van der Waals surface area contributed by atoms with Gasteiger partial charge in [0.2, 0.25) is 0 Å². The van der Waals surface area contributed by atoms with Crippen molar-refractivity contribution in [3.63, 3.8) is 0 Å². The third-order valence-electron chi connectivity index (χ3n) is 4.50. The van der Waals surface area contributed by atoms with Crippen LogP contribution in [0.2, 0.25) is 0 Å². The van der Waals surface area contributed by atoms with E-state index < -0.39 is 0 Å². The van der Waals surface area contributed by atoms with Gasteiger partial charge in [0.25, 0.3) is 0 Å². The molecule has 0 saturated carbocycles. The molecule has 1 aromatic carbocycles. The van der Waals surface area contributed by atoms with Crippen molar-refractivity contribution in [2.24, 2.45) is 11.8 Å². The second-order valence-electron chi connectivity index (χ2n) is 6.39. The summed E-state index contributed by atoms with van der Waals surface area (Å²) >= 11 is 0. The summed E-state index contributed by atoms with van der Waals surface area (Å²) in [6.45, 7) is 11.7. The fraction of sp³-hybridized carbons (Fsp3) is 0.667. The molecule has 2 heteroatoms. The molecule has 20 heavy (non-hydrogen) atoms. The standard InChI is InChI=1S/C18H30N2/c1-4-19-14-16-10-12-20(13-11-16)18(15(2)3)17-8-6-5-7-9-17/h5-9,15-16,18-19H,4,10-14H2,1-3H3. The van der Waals surface area contributed by atoms with Crippen LogP contribution in [0.3, 0.4) is 0 Å². The highest BCUT2D eigenvalue weighted by Gasteiger charge is 2.27. The van der Waals surface area contributed by atoms with Crippen LogP contribution in [0.4, 0.5) is 0 Å². The number of rotatable bonds is 6. The second kappa shape index (κ2) is 7.80. The molecule has 1 heterocycles. The molecule has 1 aliphatic rings. The summed E-state index contributed by atoms with van der Waals surface area (Å²) in [4.78, 5) is 2.70. The summed E-state index contributed by atoms with van der Waals surface area (Å²) in [5, 5.41) is 3.50. The number of piperidine rings is 1. The Kier molecular flexibility index (Phi) is 6.06. The van der Waals surface area contributed by atoms with Crippen LogP contribution in [0.25, 0.3) is 0 Å². The Labute approximate surface area is 124 Å². The van der Waals surface area contributed by atoms with E-state index in [9.17, 15) is 0 Å². The third kappa shape index (κ3) is 4.07. The normalized spacial score (nSPS) is 19.4. The first kappa shape index (κ1) is 15.5. The van der Waals surface area contributed by atoms with Gasteiger partial charge in [-0.1, -0.05) is 51.1 Å². The molecule has 0 amide bonds. The van der Waals surface area contributed by atoms with Gasteiger partial charge in [-0.05, 0) is 56.4 Å². The van der Waals surface area contributed by atoms with Crippen molar-refractivity contribution < 1.29 is 0 Å². The number of likely N-dealkylation sites (tertiary alicyclic amines) is 1. The predicted octanol–water partition coefficient (Wildman–Crippen LogP) is 3.71. The molecule has 1 unspecified atom stereocenters. The number of nitrogens with one attached hydrogen (secondary N) is 1. The third-order valence-corrected chi connectivity index (χ3v) is 4.50. The summed E-state index contributed by atoms with van der Waals surface area (Å²) < 4.78 is 0. The topological polar surface area (TPSA) is 15.3 Å². The molecule has 1 saturated heterocycles. The van der Waals surface area contributed by atoms with Gasteiger partial charge < -0.3 is 5.32 Å². The predicted molar refractivity (Wildman–Crippen MR) is 86.9 cm³/mol. The van der Waals surface area contributed by atoms with Crippen LogP contribution in [0.1, 0.15) is 45.2 Å². The molecule has 0 bridgehead atoms. The smallest absolute Gasteiger partial charge is 0.0371 e. The quantitative estimate of drug-likeness (QED) is 0.851. The fourth-order valence-electron chi connectivity index (χ4n) is 3.45. The molecule has 2 nitrogen and oxygen atoms in total. The largest absolute Gasteiger partial charge is 0.317 e. The van der Waals surface area contributed by atoms with Crippen LogP contribution in [0.15, 0.2) is 30.3 Å². The highest BCUT2D eigenvalue weighted by atomic mass is 15.2. The van der Waals surface area contributed by atoms with E-state index in [0.717, 1.165) is 12.5 Å². The molecule has 2 rings (SSSR count). The summed E-state index contributed by atoms with van der Waals surface area (Å²) in [7, 11) is 0. The Morgan fingerprint density at radius 3 is 2.35 bits per heavy atom. The maximum atomic E-state index is 3.50. The summed E-state index contributed by atoms with van der Waals surface area (Å²) in [5.41, 5.74) is 1.48. The van der Waals surface area contributed by atoms with Crippen molar-refractivity contribution in [1.29, 1.82) is 0 Å². The molecule has 1 fully saturated rings. The van der Waals surface area contributed by atoms with E-state index in [1.54, 1.807) is 0 Å². The maximum absolute atomic E-state index is 3.50. The molecule has 1 N–H and O–H groups in total. The molecule has 0 aromatic heterocycles. The lowest BCUT2D eigenvalue weighted by Crippen LogP contribution is -2.41. The molecule has 1 atom stereocenters. The highest BCUT2D eigenvalue weighted by Crippen LogP contribution is 2.32. The van der Waals surface area contributed by atoms with Gasteiger partial charge in [-0.25, -0.2) is 0 Å². The van der Waals surface area contributed by atoms with Gasteiger partial charge in [0.1, 0.15) is 0 Å². The van der Waals surface area contributed by atoms with E-state index in [-0.39, 0.29) is 0 Å². The first-order valence-corrected chi connectivity index (χ1v) is 8.22. The summed E-state index contributed by atoms with van der Waals surface area (Å²) in [5.74, 6) is 1.54. The lowest BCUT2D eigenvalue weighted by atomic mass is 9.89. The highest BCUT2D eigenvalue weighted by molar-refractivity contribution is 5.19. The van der Waals surface area contributed by atoms with Crippen molar-refractivity contribution in [3.8, 4) is 0 Å². The van der Waals surface area contributed by atoms with Gasteiger partial charge in [-0.15, -0.1) is 0 Å². The lowest BCUT2D eigenvalue weighted by Gasteiger charge is -2.40. The van der Waals surface area contributed by atoms with E-state index in [0.29, 0.717) is 12.0 Å². The zero-order valence-corrected chi connectivity index (χ0v) is 13.3. The monoisotopic (exact) mass is 274 g/mol. The molecule has 0 aliphatic carbocycles. The van der Waals surface area contributed by atoms with E-state index in [2.05, 4.69) is 61.3 Å². The Morgan fingerprint density at radius 1 is 1.15 bits per heavy atom. The van der Waals surface area contributed by atoms with Crippen LogP contribution in [0.5, 0.6) is 0 Å². The minimum atomic E-state index is 0.580. The number of benzene rings is 1. The van der Waals surface area contributed by atoms with Gasteiger partial charge in [0, 0.05) is 6.04 Å². The molecule has 1 aliphatic heterocycles. The summed E-state index contributed by atoms with van der Waals surface area (Å²) in [6, 6.07) is 11.6. The molecular weight excluding hydrogens is 244 g/mol. The van der Waals surface area contributed by atoms with Crippen molar-refractivity contribution in [2.45, 2.75) is 39.7 Å². The Morgan fingerprint density at radius 2 is 1.80 bits per heavy atom. The number of hydrogen-bond donors (Lipinski definition) is 1. The van der Waals surface area contributed by atoms with E-state index in [1.807, 2.05) is 0 Å². The van der Waals surface area contributed by atoms with Gasteiger partial charge in [0.05, 0.1) is 0 Å². The van der Waals surface area contributed by atoms with E-state index in [1.165, 1.54) is 38.0 Å². The fourth-order valence-corrected chi connectivity index (χ4v) is 3.45. The zero-order chi connectivity index (χ0) is 14.4. The average molecular weight is 274 g/mol. The summed E-state index contributed by atoms with van der Waals surface area (Å²) in [6.07, 6.45) is 2.67. The van der Waals surface area contributed by atoms with Crippen LogP contribution in [-0.2, 0) is 0 Å². The van der Waals surface area contributed by atoms with Crippen LogP contribution >= 0.6 is 0 Å². The Hall–Kier alpha value is -0.860. The van der Waals surface area contributed by atoms with Crippen molar-refractivity contribution in [2.75, 3.05) is 26.2 Å². The van der Waals surface area contributed by atoms with Crippen molar-refractivity contribution >= 4 is 0 Å². The van der Waals surface area contributed by atoms with Crippen molar-refractivity contribution in [1.82, 2.24) is 10.2 Å². The molecular formula is C18H30N2. The van der Waals surface area contributed by atoms with Crippen LogP contribution in [0, 0.1) is 11.8 Å². The van der Waals surface area contributed by atoms with E-state index >= 15 is 0 Å². The first-order chi connectivity index (χ1) is 9.72. The maximum Gasteiger partial charge on any atom is 0.0371 e. The number of nitrogens with zero attached hydrogens (tertiary/aromatic N) is 1. The molecule has 0 spiro atoms. The minimum absolute atomic E-state index is 0.580. The SMILES string of the molecule is CCNCC1CCN(C(c2ccccc2)C(C)C)CC1. The van der Waals surface area contributed by atoms with Gasteiger partial charge >= 0.3 is 0 Å². The minimum Gasteiger partial charge on any atom is -0.317 e. The second-order valence-corrected chi connectivity index (χ2v) is 6.39. The van der Waals surface area contributed by atoms with Crippen LogP contribution in [-0.4, -0.2) is 31.1 Å². The molecule has 1 aromatic rings. The molecule has 112 valence electrons. The first-order valence-electron chi connectivity index (χ1n) is 8.22. The van der Waals surface area contributed by atoms with Crippen LogP contribution < -0.4 is 5.32 Å².